The molecule has 0 aliphatic rings. The average Bonchev–Trinajstić information content (AvgIpc) is 2.28. The molecule has 0 unspecified atom stereocenters. The molecule has 0 saturated carbocycles. The molecule has 1 aromatic rings. The molecule has 0 aliphatic heterocycles. The molecule has 0 radical (unpaired) electrons. The van der Waals surface area contributed by atoms with Crippen molar-refractivity contribution in [3.63, 3.8) is 0 Å². The van der Waals surface area contributed by atoms with E-state index in [0.717, 1.165) is 5.56 Å². The second-order valence-corrected chi connectivity index (χ2v) is 3.02. The maximum atomic E-state index is 11.1. The number of benzene rings is 1. The number of rotatable bonds is 4. The molecule has 0 atom stereocenters. The molecule has 82 valence electrons. The lowest BCUT2D eigenvalue weighted by Gasteiger charge is -1.99. The Morgan fingerprint density at radius 2 is 2.00 bits per heavy atom. The standard InChI is InChI=1S/C11H10N2O3/c12-13-8-11(15)16-10(14)7-6-9-4-2-1-3-5-9/h1-5,8H,6-7H2. The molecule has 16 heavy (non-hydrogen) atoms. The van der Waals surface area contributed by atoms with Crippen molar-refractivity contribution in [3.8, 4) is 0 Å². The Bertz CT molecular complexity index is 422. The minimum absolute atomic E-state index is 0.106. The maximum absolute atomic E-state index is 11.1. The Kier molecular flexibility index (Phi) is 4.63. The van der Waals surface area contributed by atoms with Crippen LogP contribution in [0.25, 0.3) is 5.53 Å². The third kappa shape index (κ3) is 4.30. The molecule has 0 N–H and O–H groups in total. The fourth-order valence-electron chi connectivity index (χ4n) is 1.13. The molecule has 0 heterocycles. The minimum atomic E-state index is -0.972. The summed E-state index contributed by atoms with van der Waals surface area (Å²) in [6.07, 6.45) is 1.14. The normalized spacial score (nSPS) is 9.00. The first-order chi connectivity index (χ1) is 7.72. The van der Waals surface area contributed by atoms with Crippen LogP contribution in [0.15, 0.2) is 30.3 Å². The topological polar surface area (TPSA) is 79.8 Å². The largest absolute Gasteiger partial charge is 0.421 e. The summed E-state index contributed by atoms with van der Waals surface area (Å²) < 4.78 is 4.33. The Hall–Kier alpha value is -2.26. The van der Waals surface area contributed by atoms with E-state index in [0.29, 0.717) is 12.6 Å². The highest BCUT2D eigenvalue weighted by atomic mass is 16.6. The summed E-state index contributed by atoms with van der Waals surface area (Å²) in [5.41, 5.74) is 9.00. The van der Waals surface area contributed by atoms with Crippen molar-refractivity contribution in [1.82, 2.24) is 0 Å². The van der Waals surface area contributed by atoms with Crippen LogP contribution in [0.5, 0.6) is 0 Å². The van der Waals surface area contributed by atoms with Crippen LogP contribution in [-0.4, -0.2) is 22.9 Å². The molecule has 0 saturated heterocycles. The van der Waals surface area contributed by atoms with Crippen LogP contribution >= 0.6 is 0 Å². The molecule has 0 fully saturated rings. The molecule has 0 amide bonds. The third-order valence-corrected chi connectivity index (χ3v) is 1.84. The van der Waals surface area contributed by atoms with Gasteiger partial charge in [0.1, 0.15) is 0 Å². The molecule has 5 heteroatoms. The van der Waals surface area contributed by atoms with Crippen molar-refractivity contribution in [3.05, 3.63) is 41.4 Å². The van der Waals surface area contributed by atoms with Gasteiger partial charge in [-0.25, -0.2) is 4.79 Å². The second kappa shape index (κ2) is 6.27. The van der Waals surface area contributed by atoms with E-state index in [4.69, 9.17) is 5.53 Å². The number of hydrogen-bond donors (Lipinski definition) is 0. The van der Waals surface area contributed by atoms with Gasteiger partial charge >= 0.3 is 18.2 Å². The summed E-state index contributed by atoms with van der Waals surface area (Å²) in [7, 11) is 0. The van der Waals surface area contributed by atoms with E-state index in [1.165, 1.54) is 0 Å². The third-order valence-electron chi connectivity index (χ3n) is 1.84. The van der Waals surface area contributed by atoms with Crippen LogP contribution in [0.4, 0.5) is 0 Å². The number of aryl methyl sites for hydroxylation is 1. The average molecular weight is 218 g/mol. The SMILES string of the molecule is [N-]=[N+]=CC(=O)OC(=O)CCc1ccccc1. The zero-order valence-corrected chi connectivity index (χ0v) is 8.50. The van der Waals surface area contributed by atoms with Gasteiger partial charge in [-0.1, -0.05) is 30.3 Å². The summed E-state index contributed by atoms with van der Waals surface area (Å²) in [4.78, 5) is 24.3. The van der Waals surface area contributed by atoms with Crippen molar-refractivity contribution >= 4 is 18.2 Å². The molecule has 1 rings (SSSR count). The highest BCUT2D eigenvalue weighted by molar-refractivity contribution is 6.23. The Morgan fingerprint density at radius 1 is 1.31 bits per heavy atom. The molecule has 0 spiro atoms. The van der Waals surface area contributed by atoms with Crippen LogP contribution in [0.2, 0.25) is 0 Å². The lowest BCUT2D eigenvalue weighted by atomic mass is 10.1. The molecular formula is C11H10N2O3. The van der Waals surface area contributed by atoms with Crippen molar-refractivity contribution in [2.24, 2.45) is 0 Å². The van der Waals surface area contributed by atoms with Gasteiger partial charge < -0.3 is 10.3 Å². The van der Waals surface area contributed by atoms with Gasteiger partial charge in [-0.15, -0.1) is 0 Å². The first-order valence-electron chi connectivity index (χ1n) is 4.68. The summed E-state index contributed by atoms with van der Waals surface area (Å²) in [6.45, 7) is 0. The van der Waals surface area contributed by atoms with Crippen molar-refractivity contribution in [2.75, 3.05) is 0 Å². The van der Waals surface area contributed by atoms with E-state index in [1.807, 2.05) is 30.3 Å². The van der Waals surface area contributed by atoms with Gasteiger partial charge in [0.2, 0.25) is 0 Å². The first kappa shape index (κ1) is 11.8. The van der Waals surface area contributed by atoms with Gasteiger partial charge in [0.05, 0.1) is 6.42 Å². The summed E-state index contributed by atoms with van der Waals surface area (Å²) >= 11 is 0. The highest BCUT2D eigenvalue weighted by Gasteiger charge is 2.11. The van der Waals surface area contributed by atoms with E-state index in [1.54, 1.807) is 0 Å². The molecule has 0 bridgehead atoms. The van der Waals surface area contributed by atoms with Gasteiger partial charge in [-0.3, -0.25) is 4.79 Å². The lowest BCUT2D eigenvalue weighted by molar-refractivity contribution is -0.156. The van der Waals surface area contributed by atoms with Crippen molar-refractivity contribution in [1.29, 1.82) is 0 Å². The van der Waals surface area contributed by atoms with E-state index < -0.39 is 11.9 Å². The van der Waals surface area contributed by atoms with Gasteiger partial charge in [0.15, 0.2) is 0 Å². The van der Waals surface area contributed by atoms with Gasteiger partial charge in [-0.2, -0.15) is 4.79 Å². The zero-order chi connectivity index (χ0) is 11.8. The van der Waals surface area contributed by atoms with Crippen molar-refractivity contribution < 1.29 is 19.1 Å². The van der Waals surface area contributed by atoms with Crippen LogP contribution in [0, 0.1) is 0 Å². The van der Waals surface area contributed by atoms with E-state index >= 15 is 0 Å². The molecule has 5 nitrogen and oxygen atoms in total. The van der Waals surface area contributed by atoms with Crippen LogP contribution < -0.4 is 0 Å². The number of esters is 2. The van der Waals surface area contributed by atoms with Crippen LogP contribution in [-0.2, 0) is 20.7 Å². The fraction of sp³-hybridized carbons (Fsp3) is 0.182. The summed E-state index contributed by atoms with van der Waals surface area (Å²) in [5, 5.41) is 0. The number of hydrogen-bond acceptors (Lipinski definition) is 3. The molecule has 0 aliphatic carbocycles. The van der Waals surface area contributed by atoms with Crippen molar-refractivity contribution in [2.45, 2.75) is 12.8 Å². The molecule has 0 aromatic heterocycles. The molecular weight excluding hydrogens is 208 g/mol. The van der Waals surface area contributed by atoms with Gasteiger partial charge in [0.25, 0.3) is 0 Å². The number of carbonyl (C=O) groups excluding carboxylic acids is 2. The van der Waals surface area contributed by atoms with E-state index in [2.05, 4.69) is 9.53 Å². The Morgan fingerprint density at radius 3 is 2.62 bits per heavy atom. The monoisotopic (exact) mass is 218 g/mol. The lowest BCUT2D eigenvalue weighted by Crippen LogP contribution is -2.14. The highest BCUT2D eigenvalue weighted by Crippen LogP contribution is 2.02. The predicted octanol–water partition coefficient (Wildman–Crippen LogP) is 0.990. The second-order valence-electron chi connectivity index (χ2n) is 3.02. The zero-order valence-electron chi connectivity index (χ0n) is 8.50. The van der Waals surface area contributed by atoms with Gasteiger partial charge in [-0.05, 0) is 12.0 Å². The summed E-state index contributed by atoms with van der Waals surface area (Å²) in [6, 6.07) is 9.37. The number of ether oxygens (including phenoxy) is 1. The maximum Gasteiger partial charge on any atom is 0.421 e. The first-order valence-corrected chi connectivity index (χ1v) is 4.68. The minimum Gasteiger partial charge on any atom is -0.385 e. The number of carbonyl (C=O) groups is 2. The smallest absolute Gasteiger partial charge is 0.385 e. The van der Waals surface area contributed by atoms with Crippen LogP contribution in [0.3, 0.4) is 0 Å². The van der Waals surface area contributed by atoms with E-state index in [9.17, 15) is 9.59 Å². The quantitative estimate of drug-likeness (QED) is 0.248. The van der Waals surface area contributed by atoms with Gasteiger partial charge in [0, 0.05) is 0 Å². The predicted molar refractivity (Wildman–Crippen MR) is 55.5 cm³/mol. The fourth-order valence-corrected chi connectivity index (χ4v) is 1.13. The summed E-state index contributed by atoms with van der Waals surface area (Å²) in [5.74, 6) is -1.62. The Balaban J connectivity index is 2.36. The molecule has 1 aromatic carbocycles. The van der Waals surface area contributed by atoms with E-state index in [-0.39, 0.29) is 6.42 Å². The number of nitrogens with zero attached hydrogens (tertiary/aromatic N) is 2. The Labute approximate surface area is 92.3 Å². The van der Waals surface area contributed by atoms with Crippen LogP contribution in [0.1, 0.15) is 12.0 Å².